The van der Waals surface area contributed by atoms with Gasteiger partial charge < -0.3 is 16.4 Å². The molecule has 2 atom stereocenters. The molecule has 4 nitrogen and oxygen atoms in total. The van der Waals surface area contributed by atoms with Crippen molar-refractivity contribution in [2.75, 3.05) is 10.6 Å². The van der Waals surface area contributed by atoms with E-state index in [1.165, 1.54) is 16.7 Å². The van der Waals surface area contributed by atoms with Crippen molar-refractivity contribution in [1.82, 2.24) is 4.98 Å². The second-order valence-electron chi connectivity index (χ2n) is 7.69. The highest BCUT2D eigenvalue weighted by molar-refractivity contribution is 5.76. The maximum Gasteiger partial charge on any atom is 0.112 e. The van der Waals surface area contributed by atoms with Gasteiger partial charge in [0.1, 0.15) is 5.66 Å². The fourth-order valence-corrected chi connectivity index (χ4v) is 4.39. The average molecular weight is 368 g/mol. The van der Waals surface area contributed by atoms with Crippen LogP contribution in [0.5, 0.6) is 0 Å². The lowest BCUT2D eigenvalue weighted by Gasteiger charge is -2.38. The van der Waals surface area contributed by atoms with Gasteiger partial charge in [0.05, 0.1) is 0 Å². The number of hydrogen-bond acceptors (Lipinski definition) is 4. The van der Waals surface area contributed by atoms with Crippen molar-refractivity contribution in [2.24, 2.45) is 5.73 Å². The third-order valence-corrected chi connectivity index (χ3v) is 5.90. The number of nitrogens with zero attached hydrogens (tertiary/aromatic N) is 1. The van der Waals surface area contributed by atoms with E-state index in [1.807, 2.05) is 24.5 Å². The van der Waals surface area contributed by atoms with Crippen molar-refractivity contribution in [2.45, 2.75) is 31.0 Å². The minimum Gasteiger partial charge on any atom is -0.381 e. The van der Waals surface area contributed by atoms with Crippen LogP contribution in [0.3, 0.4) is 0 Å². The fourth-order valence-electron chi connectivity index (χ4n) is 4.39. The Morgan fingerprint density at radius 1 is 1.11 bits per heavy atom. The summed E-state index contributed by atoms with van der Waals surface area (Å²) in [6.45, 7) is 0.776. The number of hydrogen-bond donors (Lipinski definition) is 3. The van der Waals surface area contributed by atoms with E-state index in [0.29, 0.717) is 0 Å². The van der Waals surface area contributed by atoms with Crippen LogP contribution >= 0.6 is 0 Å². The molecule has 5 rings (SSSR count). The molecule has 2 heterocycles. The molecular formula is C24H24N4. The lowest BCUT2D eigenvalue weighted by atomic mass is 9.84. The Bertz CT molecular complexity index is 1030. The van der Waals surface area contributed by atoms with Crippen LogP contribution in [0.2, 0.25) is 0 Å². The van der Waals surface area contributed by atoms with Crippen molar-refractivity contribution in [3.8, 4) is 0 Å². The summed E-state index contributed by atoms with van der Waals surface area (Å²) in [6, 6.07) is 19.1. The molecule has 4 N–H and O–H groups in total. The smallest absolute Gasteiger partial charge is 0.112 e. The fraction of sp³-hybridized carbons (Fsp3) is 0.208. The standard InChI is InChI=1S/C24H24N4/c25-24(22-7-5-18-3-1-2-4-21(18)22)12-9-19-15-20(6-8-23(19)28-24)27-16-17-10-13-26-14-11-17/h1-4,6,8-15,22,27-28H,5,7,16,25H2/t22?,24-/m1/s1. The number of nitrogens with two attached hydrogens (primary N) is 1. The highest BCUT2D eigenvalue weighted by Crippen LogP contribution is 2.43. The van der Waals surface area contributed by atoms with Crippen molar-refractivity contribution < 1.29 is 0 Å². The molecule has 0 radical (unpaired) electrons. The van der Waals surface area contributed by atoms with Gasteiger partial charge in [0, 0.05) is 36.2 Å². The third-order valence-electron chi connectivity index (χ3n) is 5.90. The van der Waals surface area contributed by atoms with Gasteiger partial charge in [0.25, 0.3) is 0 Å². The lowest BCUT2D eigenvalue weighted by Crippen LogP contribution is -2.51. The molecule has 0 saturated heterocycles. The summed E-state index contributed by atoms with van der Waals surface area (Å²) in [6.07, 6.45) is 10.1. The van der Waals surface area contributed by atoms with E-state index in [4.69, 9.17) is 5.73 Å². The first-order chi connectivity index (χ1) is 13.7. The molecule has 28 heavy (non-hydrogen) atoms. The Morgan fingerprint density at radius 2 is 1.96 bits per heavy atom. The number of pyridine rings is 1. The number of benzene rings is 2. The Labute approximate surface area is 165 Å². The van der Waals surface area contributed by atoms with E-state index in [9.17, 15) is 0 Å². The van der Waals surface area contributed by atoms with E-state index < -0.39 is 5.66 Å². The van der Waals surface area contributed by atoms with E-state index in [2.05, 4.69) is 70.2 Å². The number of nitrogens with one attached hydrogen (secondary N) is 2. The van der Waals surface area contributed by atoms with Gasteiger partial charge in [0.15, 0.2) is 0 Å². The summed E-state index contributed by atoms with van der Waals surface area (Å²) in [5, 5.41) is 7.09. The van der Waals surface area contributed by atoms with Crippen LogP contribution in [0, 0.1) is 0 Å². The molecule has 140 valence electrons. The van der Waals surface area contributed by atoms with E-state index in [0.717, 1.165) is 36.3 Å². The van der Waals surface area contributed by atoms with Crippen LogP contribution in [0.15, 0.2) is 73.1 Å². The topological polar surface area (TPSA) is 63.0 Å². The number of anilines is 2. The van der Waals surface area contributed by atoms with Crippen molar-refractivity contribution >= 4 is 17.5 Å². The highest BCUT2D eigenvalue weighted by Gasteiger charge is 2.39. The van der Waals surface area contributed by atoms with Crippen molar-refractivity contribution in [3.63, 3.8) is 0 Å². The molecule has 0 fully saturated rings. The van der Waals surface area contributed by atoms with E-state index in [1.54, 1.807) is 0 Å². The molecular weight excluding hydrogens is 344 g/mol. The van der Waals surface area contributed by atoms with Crippen LogP contribution in [0.25, 0.3) is 6.08 Å². The normalized spacial score (nSPS) is 22.2. The summed E-state index contributed by atoms with van der Waals surface area (Å²) in [5.41, 5.74) is 13.7. The predicted molar refractivity (Wildman–Crippen MR) is 115 cm³/mol. The minimum absolute atomic E-state index is 0.289. The van der Waals surface area contributed by atoms with Gasteiger partial charge in [0.2, 0.25) is 0 Å². The third kappa shape index (κ3) is 3.06. The van der Waals surface area contributed by atoms with Gasteiger partial charge >= 0.3 is 0 Å². The van der Waals surface area contributed by atoms with Crippen LogP contribution in [-0.4, -0.2) is 10.6 Å². The quantitative estimate of drug-likeness (QED) is 0.634. The Kier molecular flexibility index (Phi) is 4.14. The Morgan fingerprint density at radius 3 is 2.86 bits per heavy atom. The maximum atomic E-state index is 6.85. The zero-order valence-corrected chi connectivity index (χ0v) is 15.7. The molecule has 0 amide bonds. The Balaban J connectivity index is 1.35. The predicted octanol–water partition coefficient (Wildman–Crippen LogP) is 4.52. The first-order valence-electron chi connectivity index (χ1n) is 9.82. The maximum absolute atomic E-state index is 6.85. The molecule has 0 saturated carbocycles. The van der Waals surface area contributed by atoms with Crippen LogP contribution < -0.4 is 16.4 Å². The van der Waals surface area contributed by atoms with Crippen LogP contribution in [-0.2, 0) is 13.0 Å². The molecule has 3 aromatic rings. The van der Waals surface area contributed by atoms with Gasteiger partial charge in [-0.1, -0.05) is 30.3 Å². The molecule has 1 aliphatic carbocycles. The van der Waals surface area contributed by atoms with Gasteiger partial charge in [-0.15, -0.1) is 0 Å². The number of aryl methyl sites for hydroxylation is 1. The summed E-state index contributed by atoms with van der Waals surface area (Å²) in [4.78, 5) is 4.06. The molecule has 2 aromatic carbocycles. The van der Waals surface area contributed by atoms with Gasteiger partial charge in [-0.05, 0) is 71.5 Å². The second kappa shape index (κ2) is 6.80. The summed E-state index contributed by atoms with van der Waals surface area (Å²) < 4.78 is 0. The number of rotatable bonds is 4. The van der Waals surface area contributed by atoms with Gasteiger partial charge in [-0.25, -0.2) is 0 Å². The summed E-state index contributed by atoms with van der Waals surface area (Å²) in [7, 11) is 0. The van der Waals surface area contributed by atoms with Crippen molar-refractivity contribution in [1.29, 1.82) is 0 Å². The van der Waals surface area contributed by atoms with Gasteiger partial charge in [-0.3, -0.25) is 4.98 Å². The first kappa shape index (κ1) is 17.0. The molecule has 1 unspecified atom stereocenters. The monoisotopic (exact) mass is 368 g/mol. The van der Waals surface area contributed by atoms with Crippen molar-refractivity contribution in [3.05, 3.63) is 95.3 Å². The average Bonchev–Trinajstić information content (AvgIpc) is 3.18. The Hall–Kier alpha value is -3.11. The second-order valence-corrected chi connectivity index (χ2v) is 7.69. The van der Waals surface area contributed by atoms with E-state index >= 15 is 0 Å². The van der Waals surface area contributed by atoms with Crippen LogP contribution in [0.4, 0.5) is 11.4 Å². The summed E-state index contributed by atoms with van der Waals surface area (Å²) in [5.74, 6) is 0.289. The lowest BCUT2D eigenvalue weighted by molar-refractivity contribution is 0.468. The molecule has 0 bridgehead atoms. The van der Waals surface area contributed by atoms with Crippen LogP contribution in [0.1, 0.15) is 34.6 Å². The molecule has 2 aliphatic rings. The molecule has 1 aliphatic heterocycles. The zero-order chi connectivity index (χ0) is 19.0. The summed E-state index contributed by atoms with van der Waals surface area (Å²) >= 11 is 0. The largest absolute Gasteiger partial charge is 0.381 e. The first-order valence-corrected chi connectivity index (χ1v) is 9.82. The molecule has 4 heteroatoms. The number of aromatic nitrogens is 1. The minimum atomic E-state index is -0.550. The van der Waals surface area contributed by atoms with Gasteiger partial charge in [-0.2, -0.15) is 0 Å². The molecule has 0 spiro atoms. The highest BCUT2D eigenvalue weighted by atomic mass is 15.1. The van der Waals surface area contributed by atoms with E-state index in [-0.39, 0.29) is 5.92 Å². The molecule has 1 aromatic heterocycles. The zero-order valence-electron chi connectivity index (χ0n) is 15.7. The SMILES string of the molecule is N[C@]1(C2CCc3ccccc32)C=Cc2cc(NCc3ccncc3)ccc2N1. The number of fused-ring (bicyclic) bond motifs is 2.